The number of hydrogen-bond donors (Lipinski definition) is 1. The highest BCUT2D eigenvalue weighted by Crippen LogP contribution is 2.32. The molecule has 1 N–H and O–H groups in total. The van der Waals surface area contributed by atoms with Gasteiger partial charge in [-0.25, -0.2) is 0 Å². The summed E-state index contributed by atoms with van der Waals surface area (Å²) >= 11 is 0. The molecule has 0 bridgehead atoms. The standard InChI is InChI=1S/C14H20F3NO/c1-13(2,10-18-7-8-19-3)11-5-4-6-12(9-11)14(15,16)17/h4-6,9,18H,7-8,10H2,1-3H3. The van der Waals surface area contributed by atoms with Gasteiger partial charge in [-0.15, -0.1) is 0 Å². The fourth-order valence-electron chi connectivity index (χ4n) is 1.79. The van der Waals surface area contributed by atoms with Crippen molar-refractivity contribution in [3.63, 3.8) is 0 Å². The second kappa shape index (κ2) is 6.39. The summed E-state index contributed by atoms with van der Waals surface area (Å²) in [5.41, 5.74) is -0.295. The molecule has 2 nitrogen and oxygen atoms in total. The molecule has 0 unspecified atom stereocenters. The van der Waals surface area contributed by atoms with Crippen LogP contribution in [0, 0.1) is 0 Å². The van der Waals surface area contributed by atoms with Gasteiger partial charge >= 0.3 is 6.18 Å². The maximum absolute atomic E-state index is 12.7. The Morgan fingerprint density at radius 1 is 1.16 bits per heavy atom. The minimum atomic E-state index is -4.30. The zero-order chi connectivity index (χ0) is 14.5. The molecule has 0 aliphatic heterocycles. The van der Waals surface area contributed by atoms with Crippen LogP contribution in [0.5, 0.6) is 0 Å². The first kappa shape index (κ1) is 16.0. The van der Waals surface area contributed by atoms with Gasteiger partial charge < -0.3 is 10.1 Å². The lowest BCUT2D eigenvalue weighted by Gasteiger charge is -2.26. The van der Waals surface area contributed by atoms with E-state index in [0.717, 1.165) is 6.07 Å². The van der Waals surface area contributed by atoms with Crippen molar-refractivity contribution in [3.05, 3.63) is 35.4 Å². The Morgan fingerprint density at radius 2 is 1.79 bits per heavy atom. The highest BCUT2D eigenvalue weighted by Gasteiger charge is 2.32. The maximum Gasteiger partial charge on any atom is 0.416 e. The maximum atomic E-state index is 12.7. The van der Waals surface area contributed by atoms with Crippen LogP contribution in [0.1, 0.15) is 25.0 Å². The van der Waals surface area contributed by atoms with Gasteiger partial charge in [0.1, 0.15) is 0 Å². The van der Waals surface area contributed by atoms with Crippen LogP contribution in [-0.2, 0) is 16.3 Å². The highest BCUT2D eigenvalue weighted by atomic mass is 19.4. The Labute approximate surface area is 112 Å². The van der Waals surface area contributed by atoms with Crippen LogP contribution in [0.15, 0.2) is 24.3 Å². The number of methoxy groups -OCH3 is 1. The summed E-state index contributed by atoms with van der Waals surface area (Å²) in [6.07, 6.45) is -4.30. The first-order valence-electron chi connectivity index (χ1n) is 6.15. The third-order valence-corrected chi connectivity index (χ3v) is 3.02. The van der Waals surface area contributed by atoms with Crippen molar-refractivity contribution in [1.29, 1.82) is 0 Å². The number of rotatable bonds is 6. The molecule has 0 fully saturated rings. The van der Waals surface area contributed by atoms with Gasteiger partial charge in [-0.1, -0.05) is 32.0 Å². The zero-order valence-electron chi connectivity index (χ0n) is 11.5. The van der Waals surface area contributed by atoms with Crippen molar-refractivity contribution < 1.29 is 17.9 Å². The van der Waals surface area contributed by atoms with Gasteiger partial charge in [0.25, 0.3) is 0 Å². The summed E-state index contributed by atoms with van der Waals surface area (Å²) in [4.78, 5) is 0. The predicted octanol–water partition coefficient (Wildman–Crippen LogP) is 3.22. The van der Waals surface area contributed by atoms with Crippen LogP contribution < -0.4 is 5.32 Å². The Hall–Kier alpha value is -1.07. The molecule has 0 saturated heterocycles. The lowest BCUT2D eigenvalue weighted by Crippen LogP contribution is -2.34. The van der Waals surface area contributed by atoms with Crippen molar-refractivity contribution in [2.75, 3.05) is 26.8 Å². The molecule has 1 rings (SSSR count). The van der Waals surface area contributed by atoms with Gasteiger partial charge in [0.15, 0.2) is 0 Å². The van der Waals surface area contributed by atoms with E-state index in [1.54, 1.807) is 13.2 Å². The van der Waals surface area contributed by atoms with E-state index in [1.807, 2.05) is 13.8 Å². The minimum absolute atomic E-state index is 0.366. The number of hydrogen-bond acceptors (Lipinski definition) is 2. The largest absolute Gasteiger partial charge is 0.416 e. The molecule has 0 aliphatic rings. The van der Waals surface area contributed by atoms with Crippen molar-refractivity contribution in [2.24, 2.45) is 0 Å². The van der Waals surface area contributed by atoms with Crippen LogP contribution in [0.4, 0.5) is 13.2 Å². The SMILES string of the molecule is COCCNCC(C)(C)c1cccc(C(F)(F)F)c1. The first-order valence-corrected chi connectivity index (χ1v) is 6.15. The topological polar surface area (TPSA) is 21.3 Å². The molecular formula is C14H20F3NO. The summed E-state index contributed by atoms with van der Waals surface area (Å²) in [5.74, 6) is 0. The molecule has 1 aromatic carbocycles. The van der Waals surface area contributed by atoms with E-state index in [2.05, 4.69) is 5.32 Å². The molecule has 0 amide bonds. The zero-order valence-corrected chi connectivity index (χ0v) is 11.5. The Kier molecular flexibility index (Phi) is 5.38. The van der Waals surface area contributed by atoms with Crippen LogP contribution in [0.25, 0.3) is 0 Å². The van der Waals surface area contributed by atoms with Crippen LogP contribution in [-0.4, -0.2) is 26.8 Å². The van der Waals surface area contributed by atoms with E-state index in [4.69, 9.17) is 4.74 Å². The molecule has 0 saturated carbocycles. The Balaban J connectivity index is 2.77. The molecule has 0 spiro atoms. The predicted molar refractivity (Wildman–Crippen MR) is 69.2 cm³/mol. The summed E-state index contributed by atoms with van der Waals surface area (Å²) in [6.45, 7) is 5.69. The van der Waals surface area contributed by atoms with Crippen LogP contribution >= 0.6 is 0 Å². The van der Waals surface area contributed by atoms with Gasteiger partial charge in [-0.2, -0.15) is 13.2 Å². The summed E-state index contributed by atoms with van der Waals surface area (Å²) in [5, 5.41) is 3.18. The van der Waals surface area contributed by atoms with E-state index in [9.17, 15) is 13.2 Å². The smallest absolute Gasteiger partial charge is 0.383 e. The Morgan fingerprint density at radius 3 is 2.37 bits per heavy atom. The molecule has 0 aliphatic carbocycles. The van der Waals surface area contributed by atoms with Crippen molar-refractivity contribution in [3.8, 4) is 0 Å². The van der Waals surface area contributed by atoms with Gasteiger partial charge in [0.05, 0.1) is 12.2 Å². The Bertz CT molecular complexity index is 402. The van der Waals surface area contributed by atoms with Gasteiger partial charge in [0.2, 0.25) is 0 Å². The molecule has 0 aromatic heterocycles. The monoisotopic (exact) mass is 275 g/mol. The van der Waals surface area contributed by atoms with Crippen molar-refractivity contribution >= 4 is 0 Å². The molecule has 5 heteroatoms. The van der Waals surface area contributed by atoms with E-state index in [0.29, 0.717) is 25.3 Å². The van der Waals surface area contributed by atoms with E-state index < -0.39 is 11.7 Å². The van der Waals surface area contributed by atoms with Gasteiger partial charge in [-0.05, 0) is 11.6 Å². The normalized spacial score (nSPS) is 12.7. The molecule has 108 valence electrons. The average molecular weight is 275 g/mol. The number of ether oxygens (including phenoxy) is 1. The second-order valence-corrected chi connectivity index (χ2v) is 5.13. The summed E-state index contributed by atoms with van der Waals surface area (Å²) < 4.78 is 42.9. The number of halogens is 3. The lowest BCUT2D eigenvalue weighted by molar-refractivity contribution is -0.137. The third kappa shape index (κ3) is 4.84. The van der Waals surface area contributed by atoms with E-state index >= 15 is 0 Å². The average Bonchev–Trinajstić information content (AvgIpc) is 2.34. The molecule has 19 heavy (non-hydrogen) atoms. The van der Waals surface area contributed by atoms with E-state index in [-0.39, 0.29) is 5.41 Å². The van der Waals surface area contributed by atoms with Gasteiger partial charge in [0, 0.05) is 25.6 Å². The second-order valence-electron chi connectivity index (χ2n) is 5.13. The van der Waals surface area contributed by atoms with Crippen LogP contribution in [0.2, 0.25) is 0 Å². The summed E-state index contributed by atoms with van der Waals surface area (Å²) in [6, 6.07) is 5.50. The molecule has 0 atom stereocenters. The van der Waals surface area contributed by atoms with Crippen molar-refractivity contribution in [2.45, 2.75) is 25.4 Å². The van der Waals surface area contributed by atoms with Crippen LogP contribution in [0.3, 0.4) is 0 Å². The van der Waals surface area contributed by atoms with Crippen molar-refractivity contribution in [1.82, 2.24) is 5.32 Å². The summed E-state index contributed by atoms with van der Waals surface area (Å²) in [7, 11) is 1.61. The first-order chi connectivity index (χ1) is 8.77. The fraction of sp³-hybridized carbons (Fsp3) is 0.571. The third-order valence-electron chi connectivity index (χ3n) is 3.02. The number of benzene rings is 1. The number of alkyl halides is 3. The fourth-order valence-corrected chi connectivity index (χ4v) is 1.79. The molecule has 0 radical (unpaired) electrons. The molecular weight excluding hydrogens is 255 g/mol. The quantitative estimate of drug-likeness (QED) is 0.805. The van der Waals surface area contributed by atoms with Gasteiger partial charge in [-0.3, -0.25) is 0 Å². The minimum Gasteiger partial charge on any atom is -0.383 e. The lowest BCUT2D eigenvalue weighted by atomic mass is 9.84. The molecule has 0 heterocycles. The van der Waals surface area contributed by atoms with E-state index in [1.165, 1.54) is 12.1 Å². The molecule has 1 aromatic rings. The number of nitrogens with one attached hydrogen (secondary N) is 1. The highest BCUT2D eigenvalue weighted by molar-refractivity contribution is 5.31.